The van der Waals surface area contributed by atoms with Gasteiger partial charge in [0.25, 0.3) is 0 Å². The molecule has 2 aromatic carbocycles. The van der Waals surface area contributed by atoms with Gasteiger partial charge in [0.05, 0.1) is 4.90 Å². The van der Waals surface area contributed by atoms with Crippen LogP contribution in [0.15, 0.2) is 53.4 Å². The Morgan fingerprint density at radius 3 is 2.65 bits per heavy atom. The number of benzene rings is 2. The van der Waals surface area contributed by atoms with E-state index in [2.05, 4.69) is 34.3 Å². The summed E-state index contributed by atoms with van der Waals surface area (Å²) in [6.45, 7) is 0.680. The second-order valence-electron chi connectivity index (χ2n) is 5.94. The number of sulfonamides is 1. The van der Waals surface area contributed by atoms with Crippen molar-refractivity contribution in [3.05, 3.63) is 65.2 Å². The van der Waals surface area contributed by atoms with Crippen molar-refractivity contribution in [2.45, 2.75) is 36.7 Å². The summed E-state index contributed by atoms with van der Waals surface area (Å²) in [5.74, 6) is 0. The van der Waals surface area contributed by atoms with Crippen molar-refractivity contribution in [1.82, 2.24) is 10.0 Å². The lowest BCUT2D eigenvalue weighted by molar-refractivity contribution is 0.457. The third kappa shape index (κ3) is 3.80. The van der Waals surface area contributed by atoms with Gasteiger partial charge in [-0.05, 0) is 55.1 Å². The second-order valence-corrected chi connectivity index (χ2v) is 7.83. The van der Waals surface area contributed by atoms with Crippen LogP contribution < -0.4 is 10.0 Å². The molecule has 0 saturated carbocycles. The van der Waals surface area contributed by atoms with Gasteiger partial charge in [-0.1, -0.05) is 36.4 Å². The summed E-state index contributed by atoms with van der Waals surface area (Å²) in [7, 11) is -1.95. The molecule has 1 aliphatic carbocycles. The van der Waals surface area contributed by atoms with Gasteiger partial charge in [0.1, 0.15) is 0 Å². The van der Waals surface area contributed by atoms with Crippen LogP contribution in [-0.2, 0) is 29.4 Å². The highest BCUT2D eigenvalue weighted by atomic mass is 32.2. The lowest BCUT2D eigenvalue weighted by atomic mass is 9.88. The SMILES string of the molecule is CNS(=O)(=O)c1cccc(CN[C@H]2CCc3ccccc3C2)c1. The van der Waals surface area contributed by atoms with Crippen molar-refractivity contribution in [2.75, 3.05) is 7.05 Å². The summed E-state index contributed by atoms with van der Waals surface area (Å²) in [6, 6.07) is 16.1. The fourth-order valence-corrected chi connectivity index (χ4v) is 3.87. The highest BCUT2D eigenvalue weighted by Gasteiger charge is 2.18. The molecule has 0 spiro atoms. The van der Waals surface area contributed by atoms with Gasteiger partial charge in [-0.2, -0.15) is 0 Å². The molecule has 0 heterocycles. The predicted octanol–water partition coefficient (Wildman–Crippen LogP) is 2.24. The van der Waals surface area contributed by atoms with Crippen LogP contribution in [0.5, 0.6) is 0 Å². The number of hydrogen-bond acceptors (Lipinski definition) is 3. The standard InChI is InChI=1S/C18H22N2O2S/c1-19-23(21,22)18-8-4-5-14(11-18)13-20-17-10-9-15-6-2-3-7-16(15)12-17/h2-8,11,17,19-20H,9-10,12-13H2,1H3/t17-/m0/s1. The first-order chi connectivity index (χ1) is 11.1. The van der Waals surface area contributed by atoms with Crippen LogP contribution in [0.25, 0.3) is 0 Å². The third-order valence-corrected chi connectivity index (χ3v) is 5.83. The summed E-state index contributed by atoms with van der Waals surface area (Å²) in [5.41, 5.74) is 3.86. The van der Waals surface area contributed by atoms with E-state index in [0.29, 0.717) is 17.5 Å². The van der Waals surface area contributed by atoms with Crippen molar-refractivity contribution in [1.29, 1.82) is 0 Å². The summed E-state index contributed by atoms with van der Waals surface area (Å²) in [5, 5.41) is 3.56. The zero-order valence-electron chi connectivity index (χ0n) is 13.2. The maximum absolute atomic E-state index is 11.9. The van der Waals surface area contributed by atoms with Gasteiger partial charge in [0.2, 0.25) is 10.0 Å². The molecule has 3 rings (SSSR count). The molecule has 23 heavy (non-hydrogen) atoms. The zero-order chi connectivity index (χ0) is 16.3. The molecular formula is C18H22N2O2S. The molecule has 2 N–H and O–H groups in total. The van der Waals surface area contributed by atoms with Gasteiger partial charge in [-0.15, -0.1) is 0 Å². The molecule has 0 amide bonds. The lowest BCUT2D eigenvalue weighted by Gasteiger charge is -2.25. The van der Waals surface area contributed by atoms with Crippen LogP contribution in [0.1, 0.15) is 23.1 Å². The van der Waals surface area contributed by atoms with Gasteiger partial charge >= 0.3 is 0 Å². The largest absolute Gasteiger partial charge is 0.310 e. The first kappa shape index (κ1) is 16.2. The molecule has 0 unspecified atom stereocenters. The Bertz CT molecular complexity index is 787. The normalized spacial score (nSPS) is 17.7. The molecule has 5 heteroatoms. The van der Waals surface area contributed by atoms with Crippen molar-refractivity contribution >= 4 is 10.0 Å². The Labute approximate surface area is 138 Å². The monoisotopic (exact) mass is 330 g/mol. The summed E-state index contributed by atoms with van der Waals surface area (Å²) in [6.07, 6.45) is 3.25. The zero-order valence-corrected chi connectivity index (χ0v) is 14.1. The molecule has 0 saturated heterocycles. The molecule has 1 atom stereocenters. The first-order valence-electron chi connectivity index (χ1n) is 7.91. The Balaban J connectivity index is 1.65. The van der Waals surface area contributed by atoms with Crippen LogP contribution >= 0.6 is 0 Å². The Hall–Kier alpha value is -1.69. The summed E-state index contributed by atoms with van der Waals surface area (Å²) >= 11 is 0. The molecule has 0 aromatic heterocycles. The molecule has 0 radical (unpaired) electrons. The Kier molecular flexibility index (Phi) is 4.80. The van der Waals surface area contributed by atoms with E-state index in [-0.39, 0.29) is 0 Å². The predicted molar refractivity (Wildman–Crippen MR) is 91.8 cm³/mol. The van der Waals surface area contributed by atoms with Crippen LogP contribution in [-0.4, -0.2) is 21.5 Å². The smallest absolute Gasteiger partial charge is 0.240 e. The maximum atomic E-state index is 11.9. The van der Waals surface area contributed by atoms with Crippen molar-refractivity contribution in [2.24, 2.45) is 0 Å². The molecular weight excluding hydrogens is 308 g/mol. The van der Waals surface area contributed by atoms with E-state index in [1.165, 1.54) is 18.2 Å². The van der Waals surface area contributed by atoms with Crippen LogP contribution in [0, 0.1) is 0 Å². The minimum atomic E-state index is -3.38. The van der Waals surface area contributed by atoms with E-state index >= 15 is 0 Å². The van der Waals surface area contributed by atoms with Crippen LogP contribution in [0.4, 0.5) is 0 Å². The highest BCUT2D eigenvalue weighted by Crippen LogP contribution is 2.21. The van der Waals surface area contributed by atoms with E-state index in [4.69, 9.17) is 0 Å². The van der Waals surface area contributed by atoms with Crippen LogP contribution in [0.3, 0.4) is 0 Å². The molecule has 2 aromatic rings. The van der Waals surface area contributed by atoms with Crippen LogP contribution in [0.2, 0.25) is 0 Å². The quantitative estimate of drug-likeness (QED) is 0.884. The molecule has 0 aliphatic heterocycles. The van der Waals surface area contributed by atoms with Gasteiger partial charge in [0, 0.05) is 12.6 Å². The van der Waals surface area contributed by atoms with Gasteiger partial charge in [0.15, 0.2) is 0 Å². The highest BCUT2D eigenvalue weighted by molar-refractivity contribution is 7.89. The minimum Gasteiger partial charge on any atom is -0.310 e. The van der Waals surface area contributed by atoms with E-state index in [1.54, 1.807) is 18.2 Å². The van der Waals surface area contributed by atoms with Gasteiger partial charge in [-0.25, -0.2) is 13.1 Å². The third-order valence-electron chi connectivity index (χ3n) is 4.42. The fourth-order valence-electron chi connectivity index (χ4n) is 3.07. The molecule has 0 fully saturated rings. The first-order valence-corrected chi connectivity index (χ1v) is 9.39. The molecule has 0 bridgehead atoms. The minimum absolute atomic E-state index is 0.313. The molecule has 4 nitrogen and oxygen atoms in total. The topological polar surface area (TPSA) is 58.2 Å². The second kappa shape index (κ2) is 6.83. The number of nitrogens with one attached hydrogen (secondary N) is 2. The average Bonchev–Trinajstić information content (AvgIpc) is 2.60. The van der Waals surface area contributed by atoms with Crippen molar-refractivity contribution in [3.8, 4) is 0 Å². The van der Waals surface area contributed by atoms with E-state index in [0.717, 1.165) is 24.8 Å². The van der Waals surface area contributed by atoms with Crippen molar-refractivity contribution < 1.29 is 8.42 Å². The summed E-state index contributed by atoms with van der Waals surface area (Å²) in [4.78, 5) is 0.313. The molecule has 122 valence electrons. The number of rotatable bonds is 5. The Morgan fingerprint density at radius 1 is 1.09 bits per heavy atom. The van der Waals surface area contributed by atoms with Gasteiger partial charge < -0.3 is 5.32 Å². The number of hydrogen-bond donors (Lipinski definition) is 2. The summed E-state index contributed by atoms with van der Waals surface area (Å²) < 4.78 is 26.1. The number of fused-ring (bicyclic) bond motifs is 1. The fraction of sp³-hybridized carbons (Fsp3) is 0.333. The van der Waals surface area contributed by atoms with Crippen molar-refractivity contribution in [3.63, 3.8) is 0 Å². The van der Waals surface area contributed by atoms with Gasteiger partial charge in [-0.3, -0.25) is 0 Å². The maximum Gasteiger partial charge on any atom is 0.240 e. The number of aryl methyl sites for hydroxylation is 1. The van der Waals surface area contributed by atoms with E-state index < -0.39 is 10.0 Å². The Morgan fingerprint density at radius 2 is 1.87 bits per heavy atom. The molecule has 1 aliphatic rings. The lowest BCUT2D eigenvalue weighted by Crippen LogP contribution is -2.34. The van der Waals surface area contributed by atoms with E-state index in [1.807, 2.05) is 6.07 Å². The van der Waals surface area contributed by atoms with E-state index in [9.17, 15) is 8.42 Å². The average molecular weight is 330 g/mol.